The summed E-state index contributed by atoms with van der Waals surface area (Å²) < 4.78 is 2.47. The van der Waals surface area contributed by atoms with Crippen LogP contribution in [0.2, 0.25) is 0 Å². The van der Waals surface area contributed by atoms with Crippen molar-refractivity contribution in [2.45, 2.75) is 0 Å². The summed E-state index contributed by atoms with van der Waals surface area (Å²) >= 11 is 0. The molecule has 216 valence electrons. The van der Waals surface area contributed by atoms with Crippen LogP contribution in [0.4, 0.5) is 17.2 Å². The van der Waals surface area contributed by atoms with Gasteiger partial charge in [-0.2, -0.15) is 0 Å². The van der Waals surface area contributed by atoms with Crippen molar-refractivity contribution in [1.82, 2.24) is 9.55 Å². The lowest BCUT2D eigenvalue weighted by atomic mass is 9.97. The van der Waals surface area contributed by atoms with E-state index in [9.17, 15) is 0 Å². The molecule has 6 aromatic carbocycles. The molecule has 0 fully saturated rings. The summed E-state index contributed by atoms with van der Waals surface area (Å²) in [6.45, 7) is 0. The highest BCUT2D eigenvalue weighted by Gasteiger charge is 2.31. The van der Waals surface area contributed by atoms with Gasteiger partial charge in [0.05, 0.1) is 22.6 Å². The number of aromatic nitrogens is 2. The van der Waals surface area contributed by atoms with Gasteiger partial charge in [0.2, 0.25) is 0 Å². The van der Waals surface area contributed by atoms with Gasteiger partial charge >= 0.3 is 0 Å². The maximum atomic E-state index is 4.84. The number of para-hydroxylation sites is 3. The van der Waals surface area contributed by atoms with Gasteiger partial charge < -0.3 is 4.57 Å². The second-order valence-corrected chi connectivity index (χ2v) is 11.6. The molecule has 3 heteroatoms. The van der Waals surface area contributed by atoms with Gasteiger partial charge in [-0.1, -0.05) is 121 Å². The van der Waals surface area contributed by atoms with E-state index in [4.69, 9.17) is 4.98 Å². The molecule has 0 aliphatic carbocycles. The van der Waals surface area contributed by atoms with Crippen LogP contribution in [0.5, 0.6) is 0 Å². The van der Waals surface area contributed by atoms with Gasteiger partial charge in [0.1, 0.15) is 5.82 Å². The Bertz CT molecular complexity index is 2300. The zero-order valence-electron chi connectivity index (χ0n) is 25.1. The molecular formula is C43H29N3. The van der Waals surface area contributed by atoms with Crippen LogP contribution in [0.3, 0.4) is 0 Å². The van der Waals surface area contributed by atoms with Crippen LogP contribution in [0.25, 0.3) is 61.2 Å². The minimum atomic E-state index is 0.890. The minimum absolute atomic E-state index is 0.890. The highest BCUT2D eigenvalue weighted by molar-refractivity contribution is 6.12. The molecule has 1 aliphatic heterocycles. The first-order valence-electron chi connectivity index (χ1n) is 15.6. The maximum absolute atomic E-state index is 4.84. The van der Waals surface area contributed by atoms with E-state index in [0.717, 1.165) is 28.4 Å². The molecule has 0 spiro atoms. The van der Waals surface area contributed by atoms with Crippen molar-refractivity contribution in [3.63, 3.8) is 0 Å². The minimum Gasteiger partial charge on any atom is -0.308 e. The second-order valence-electron chi connectivity index (χ2n) is 11.6. The lowest BCUT2D eigenvalue weighted by Crippen LogP contribution is -2.12. The Labute approximate surface area is 268 Å². The van der Waals surface area contributed by atoms with E-state index in [1.165, 1.54) is 50.0 Å². The van der Waals surface area contributed by atoms with Crippen LogP contribution in [0.15, 0.2) is 176 Å². The van der Waals surface area contributed by atoms with E-state index < -0.39 is 0 Å². The molecular weight excluding hydrogens is 558 g/mol. The standard InChI is InChI=1S/C43H29N3/c1-3-15-30(16-4-1)32-27-33(31-17-5-2-6-18-31)29-34(28-32)45-38-22-10-7-19-35(38)42-36-20-8-11-23-39(36)46(41-25-13-14-26-44-41)40-24-12-9-21-37(40)43(42)45/h1-29H. The van der Waals surface area contributed by atoms with E-state index in [0.29, 0.717) is 0 Å². The third-order valence-electron chi connectivity index (χ3n) is 8.96. The second kappa shape index (κ2) is 10.8. The Morgan fingerprint density at radius 3 is 1.67 bits per heavy atom. The first-order valence-corrected chi connectivity index (χ1v) is 15.6. The lowest BCUT2D eigenvalue weighted by molar-refractivity contribution is 1.13. The molecule has 8 aromatic rings. The summed E-state index contributed by atoms with van der Waals surface area (Å²) in [4.78, 5) is 7.15. The highest BCUT2D eigenvalue weighted by atomic mass is 15.2. The summed E-state index contributed by atoms with van der Waals surface area (Å²) in [7, 11) is 0. The Balaban J connectivity index is 1.42. The molecule has 0 saturated heterocycles. The largest absolute Gasteiger partial charge is 0.308 e. The van der Waals surface area contributed by atoms with Gasteiger partial charge in [-0.05, 0) is 70.8 Å². The molecule has 0 amide bonds. The number of fused-ring (bicyclic) bond motifs is 7. The van der Waals surface area contributed by atoms with Crippen LogP contribution >= 0.6 is 0 Å². The van der Waals surface area contributed by atoms with Crippen molar-refractivity contribution in [2.75, 3.05) is 4.90 Å². The van der Waals surface area contributed by atoms with E-state index >= 15 is 0 Å². The monoisotopic (exact) mass is 587 g/mol. The molecule has 3 heterocycles. The van der Waals surface area contributed by atoms with Crippen molar-refractivity contribution in [3.8, 4) is 50.3 Å². The Morgan fingerprint density at radius 1 is 0.435 bits per heavy atom. The first kappa shape index (κ1) is 26.2. The number of hydrogen-bond donors (Lipinski definition) is 0. The van der Waals surface area contributed by atoms with Crippen molar-refractivity contribution in [3.05, 3.63) is 176 Å². The van der Waals surface area contributed by atoms with Gasteiger partial charge in [-0.15, -0.1) is 0 Å². The topological polar surface area (TPSA) is 21.1 Å². The Kier molecular flexibility index (Phi) is 6.14. The fourth-order valence-electron chi connectivity index (χ4n) is 6.98. The average molecular weight is 588 g/mol. The number of benzene rings is 6. The van der Waals surface area contributed by atoms with E-state index in [1.807, 2.05) is 12.3 Å². The normalized spacial score (nSPS) is 11.9. The third kappa shape index (κ3) is 4.17. The number of anilines is 3. The van der Waals surface area contributed by atoms with Crippen LogP contribution in [-0.2, 0) is 0 Å². The average Bonchev–Trinajstić information content (AvgIpc) is 3.42. The van der Waals surface area contributed by atoms with Gasteiger partial charge in [0.25, 0.3) is 0 Å². The van der Waals surface area contributed by atoms with Crippen LogP contribution in [-0.4, -0.2) is 9.55 Å². The number of rotatable bonds is 4. The molecule has 2 aromatic heterocycles. The quantitative estimate of drug-likeness (QED) is 0.204. The van der Waals surface area contributed by atoms with Crippen molar-refractivity contribution in [1.29, 1.82) is 0 Å². The molecule has 9 rings (SSSR count). The summed E-state index contributed by atoms with van der Waals surface area (Å²) in [6.07, 6.45) is 1.87. The lowest BCUT2D eigenvalue weighted by Gasteiger charge is -2.26. The number of hydrogen-bond acceptors (Lipinski definition) is 2. The zero-order chi connectivity index (χ0) is 30.5. The predicted octanol–water partition coefficient (Wildman–Crippen LogP) is 11.5. The van der Waals surface area contributed by atoms with Crippen LogP contribution in [0, 0.1) is 0 Å². The van der Waals surface area contributed by atoms with E-state index in [-0.39, 0.29) is 0 Å². The third-order valence-corrected chi connectivity index (χ3v) is 8.96. The SMILES string of the molecule is c1ccc(-c2cc(-c3ccccc3)cc(-n3c4c(c5ccccc53)-c3ccccc3N(c3ccccn3)c3ccccc3-4)c2)cc1. The zero-order valence-corrected chi connectivity index (χ0v) is 25.1. The smallest absolute Gasteiger partial charge is 0.137 e. The van der Waals surface area contributed by atoms with Crippen molar-refractivity contribution < 1.29 is 0 Å². The fourth-order valence-corrected chi connectivity index (χ4v) is 6.98. The Morgan fingerprint density at radius 2 is 1.00 bits per heavy atom. The maximum Gasteiger partial charge on any atom is 0.137 e. The van der Waals surface area contributed by atoms with Gasteiger partial charge in [0.15, 0.2) is 0 Å². The number of nitrogens with zero attached hydrogens (tertiary/aromatic N) is 3. The highest BCUT2D eigenvalue weighted by Crippen LogP contribution is 2.54. The Hall–Kier alpha value is -6.19. The van der Waals surface area contributed by atoms with Gasteiger partial charge in [-0.3, -0.25) is 4.90 Å². The molecule has 0 radical (unpaired) electrons. The van der Waals surface area contributed by atoms with Crippen LogP contribution < -0.4 is 4.90 Å². The van der Waals surface area contributed by atoms with Crippen molar-refractivity contribution >= 4 is 28.1 Å². The summed E-state index contributed by atoms with van der Waals surface area (Å²) in [6, 6.07) is 60.8. The molecule has 0 unspecified atom stereocenters. The molecule has 0 atom stereocenters. The van der Waals surface area contributed by atoms with E-state index in [2.05, 4.69) is 173 Å². The summed E-state index contributed by atoms with van der Waals surface area (Å²) in [5.74, 6) is 0.890. The summed E-state index contributed by atoms with van der Waals surface area (Å²) in [5, 5.41) is 1.22. The molecule has 1 aliphatic rings. The van der Waals surface area contributed by atoms with Gasteiger partial charge in [-0.25, -0.2) is 4.98 Å². The molecule has 0 saturated carbocycles. The predicted molar refractivity (Wildman–Crippen MR) is 191 cm³/mol. The fraction of sp³-hybridized carbons (Fsp3) is 0. The van der Waals surface area contributed by atoms with Crippen LogP contribution in [0.1, 0.15) is 0 Å². The first-order chi connectivity index (χ1) is 22.8. The van der Waals surface area contributed by atoms with E-state index in [1.54, 1.807) is 0 Å². The number of pyridine rings is 1. The molecule has 3 nitrogen and oxygen atoms in total. The molecule has 46 heavy (non-hydrogen) atoms. The molecule has 0 bridgehead atoms. The molecule has 0 N–H and O–H groups in total. The van der Waals surface area contributed by atoms with Gasteiger partial charge in [0, 0.05) is 34.0 Å². The van der Waals surface area contributed by atoms with Crippen molar-refractivity contribution in [2.24, 2.45) is 0 Å². The summed E-state index contributed by atoms with van der Waals surface area (Å²) in [5.41, 5.74) is 14.0.